The summed E-state index contributed by atoms with van der Waals surface area (Å²) in [6.45, 7) is 4.00. The Morgan fingerprint density at radius 3 is 2.67 bits per heavy atom. The first-order valence-corrected chi connectivity index (χ1v) is 7.06. The second-order valence-corrected chi connectivity index (χ2v) is 5.99. The zero-order valence-electron chi connectivity index (χ0n) is 10.8. The number of nitrogens with zero attached hydrogens (tertiary/aromatic N) is 3. The van der Waals surface area contributed by atoms with Gasteiger partial charge in [-0.25, -0.2) is 8.42 Å². The molecule has 0 aromatic carbocycles. The number of nitrogens with one attached hydrogen (secondary N) is 1. The first kappa shape index (κ1) is 14.7. The lowest BCUT2D eigenvalue weighted by atomic mass is 10.1. The van der Waals surface area contributed by atoms with Crippen LogP contribution in [0.1, 0.15) is 13.8 Å². The molecule has 8 heteroatoms. The molecule has 18 heavy (non-hydrogen) atoms. The Labute approximate surface area is 107 Å². The zero-order chi connectivity index (χ0) is 13.9. The number of hydrogen-bond donors (Lipinski definition) is 2. The highest BCUT2D eigenvalue weighted by molar-refractivity contribution is 7.89. The Hall–Kier alpha value is -1.41. The smallest absolute Gasteiger partial charge is 0.260 e. The van der Waals surface area contributed by atoms with Gasteiger partial charge in [-0.15, -0.1) is 0 Å². The monoisotopic (exact) mass is 273 g/mol. The van der Waals surface area contributed by atoms with Crippen LogP contribution in [0.2, 0.25) is 0 Å². The van der Waals surface area contributed by atoms with Crippen LogP contribution < -0.4 is 5.73 Å². The fraction of sp³-hybridized carbons (Fsp3) is 0.600. The molecule has 0 spiro atoms. The van der Waals surface area contributed by atoms with Crippen LogP contribution in [-0.2, 0) is 17.1 Å². The maximum Gasteiger partial charge on any atom is 0.260 e. The number of hydrogen-bond acceptors (Lipinski definition) is 4. The van der Waals surface area contributed by atoms with Gasteiger partial charge in [0.25, 0.3) is 10.0 Å². The fourth-order valence-electron chi connectivity index (χ4n) is 1.55. The summed E-state index contributed by atoms with van der Waals surface area (Å²) in [7, 11) is -2.01. The van der Waals surface area contributed by atoms with E-state index in [2.05, 4.69) is 5.10 Å². The third-order valence-electron chi connectivity index (χ3n) is 2.74. The average Bonchev–Trinajstić information content (AvgIpc) is 2.72. The molecule has 102 valence electrons. The third-order valence-corrected chi connectivity index (χ3v) is 4.76. The van der Waals surface area contributed by atoms with Crippen molar-refractivity contribution in [3.05, 3.63) is 12.3 Å². The number of aryl methyl sites for hydroxylation is 1. The van der Waals surface area contributed by atoms with Gasteiger partial charge in [0.2, 0.25) is 0 Å². The van der Waals surface area contributed by atoms with Crippen molar-refractivity contribution in [3.8, 4) is 0 Å². The van der Waals surface area contributed by atoms with Crippen LogP contribution in [-0.4, -0.2) is 41.4 Å². The Morgan fingerprint density at radius 2 is 2.28 bits per heavy atom. The van der Waals surface area contributed by atoms with Crippen LogP contribution in [0.3, 0.4) is 0 Å². The van der Waals surface area contributed by atoms with E-state index in [1.807, 2.05) is 0 Å². The summed E-state index contributed by atoms with van der Waals surface area (Å²) in [5, 5.41) is 11.3. The third kappa shape index (κ3) is 2.88. The highest BCUT2D eigenvalue weighted by Crippen LogP contribution is 2.15. The van der Waals surface area contributed by atoms with E-state index in [0.717, 1.165) is 0 Å². The Balaban J connectivity index is 3.02. The molecule has 0 bridgehead atoms. The second-order valence-electron chi connectivity index (χ2n) is 4.11. The van der Waals surface area contributed by atoms with Crippen molar-refractivity contribution >= 4 is 15.9 Å². The van der Waals surface area contributed by atoms with E-state index in [1.165, 1.54) is 21.3 Å². The van der Waals surface area contributed by atoms with Gasteiger partial charge in [-0.1, -0.05) is 13.8 Å². The van der Waals surface area contributed by atoms with Gasteiger partial charge in [-0.3, -0.25) is 10.1 Å². The Morgan fingerprint density at radius 1 is 1.67 bits per heavy atom. The van der Waals surface area contributed by atoms with Crippen LogP contribution in [0.5, 0.6) is 0 Å². The minimum atomic E-state index is -3.59. The molecule has 0 fully saturated rings. The number of aromatic nitrogens is 2. The molecule has 0 radical (unpaired) electrons. The van der Waals surface area contributed by atoms with Gasteiger partial charge in [0.15, 0.2) is 5.03 Å². The van der Waals surface area contributed by atoms with Gasteiger partial charge >= 0.3 is 0 Å². The summed E-state index contributed by atoms with van der Waals surface area (Å²) >= 11 is 0. The van der Waals surface area contributed by atoms with E-state index in [-0.39, 0.29) is 23.3 Å². The molecule has 1 heterocycles. The number of rotatable bonds is 6. The molecular weight excluding hydrogens is 254 g/mol. The normalized spacial score (nSPS) is 13.8. The van der Waals surface area contributed by atoms with E-state index >= 15 is 0 Å². The summed E-state index contributed by atoms with van der Waals surface area (Å²) in [6, 6.07) is 1.45. The van der Waals surface area contributed by atoms with Crippen LogP contribution in [0, 0.1) is 11.3 Å². The molecule has 1 rings (SSSR count). The van der Waals surface area contributed by atoms with E-state index in [1.54, 1.807) is 20.9 Å². The second kappa shape index (κ2) is 5.49. The maximum atomic E-state index is 12.4. The van der Waals surface area contributed by atoms with Crippen molar-refractivity contribution < 1.29 is 8.42 Å². The summed E-state index contributed by atoms with van der Waals surface area (Å²) in [4.78, 5) is 0. The van der Waals surface area contributed by atoms with Crippen molar-refractivity contribution in [2.45, 2.75) is 18.9 Å². The number of sulfonamides is 1. The summed E-state index contributed by atoms with van der Waals surface area (Å²) in [5.74, 6) is -0.332. The van der Waals surface area contributed by atoms with Crippen molar-refractivity contribution in [2.75, 3.05) is 13.1 Å². The van der Waals surface area contributed by atoms with E-state index in [9.17, 15) is 8.42 Å². The molecule has 1 unspecified atom stereocenters. The zero-order valence-corrected chi connectivity index (χ0v) is 11.6. The van der Waals surface area contributed by atoms with Gasteiger partial charge in [-0.2, -0.15) is 9.40 Å². The number of nitrogens with two attached hydrogens (primary N) is 1. The van der Waals surface area contributed by atoms with Crippen LogP contribution in [0.4, 0.5) is 0 Å². The van der Waals surface area contributed by atoms with Crippen molar-refractivity contribution in [1.29, 1.82) is 5.41 Å². The average molecular weight is 273 g/mol. The van der Waals surface area contributed by atoms with Gasteiger partial charge in [0, 0.05) is 26.1 Å². The summed E-state index contributed by atoms with van der Waals surface area (Å²) < 4.78 is 27.3. The van der Waals surface area contributed by atoms with Crippen molar-refractivity contribution in [1.82, 2.24) is 14.1 Å². The SMILES string of the molecule is CCN(CC(C)C(=N)N)S(=O)(=O)c1ccnn1C. The van der Waals surface area contributed by atoms with Crippen molar-refractivity contribution in [2.24, 2.45) is 18.7 Å². The Bertz CT molecular complexity index is 522. The molecule has 0 aliphatic heterocycles. The highest BCUT2D eigenvalue weighted by atomic mass is 32.2. The quantitative estimate of drug-likeness (QED) is 0.562. The lowest BCUT2D eigenvalue weighted by molar-refractivity contribution is 0.398. The molecule has 0 saturated heterocycles. The van der Waals surface area contributed by atoms with E-state index in [0.29, 0.717) is 6.54 Å². The standard InChI is InChI=1S/C10H19N5O2S/c1-4-15(7-8(2)10(11)12)18(16,17)9-5-6-13-14(9)3/h5-6,8H,4,7H2,1-3H3,(H3,11,12). The molecular formula is C10H19N5O2S. The molecule has 1 atom stereocenters. The van der Waals surface area contributed by atoms with Gasteiger partial charge in [0.1, 0.15) is 0 Å². The van der Waals surface area contributed by atoms with Crippen LogP contribution in [0.15, 0.2) is 17.3 Å². The lowest BCUT2D eigenvalue weighted by Crippen LogP contribution is -2.39. The molecule has 0 aliphatic rings. The van der Waals surface area contributed by atoms with Gasteiger partial charge in [0.05, 0.1) is 12.0 Å². The molecule has 0 aliphatic carbocycles. The van der Waals surface area contributed by atoms with E-state index in [4.69, 9.17) is 11.1 Å². The van der Waals surface area contributed by atoms with Crippen LogP contribution >= 0.6 is 0 Å². The predicted molar refractivity (Wildman–Crippen MR) is 68.7 cm³/mol. The van der Waals surface area contributed by atoms with Gasteiger partial charge < -0.3 is 5.73 Å². The predicted octanol–water partition coefficient (Wildman–Crippen LogP) is 0.00277. The van der Waals surface area contributed by atoms with Crippen LogP contribution in [0.25, 0.3) is 0 Å². The number of amidine groups is 1. The van der Waals surface area contributed by atoms with E-state index < -0.39 is 10.0 Å². The lowest BCUT2D eigenvalue weighted by Gasteiger charge is -2.23. The largest absolute Gasteiger partial charge is 0.387 e. The summed E-state index contributed by atoms with van der Waals surface area (Å²) in [5.41, 5.74) is 5.38. The van der Waals surface area contributed by atoms with Crippen molar-refractivity contribution in [3.63, 3.8) is 0 Å². The molecule has 7 nitrogen and oxygen atoms in total. The minimum absolute atomic E-state index is 0.0198. The fourth-order valence-corrected chi connectivity index (χ4v) is 3.19. The first-order valence-electron chi connectivity index (χ1n) is 5.62. The minimum Gasteiger partial charge on any atom is -0.387 e. The maximum absolute atomic E-state index is 12.4. The summed E-state index contributed by atoms with van der Waals surface area (Å²) in [6.07, 6.45) is 1.44. The Kier molecular flexibility index (Phi) is 4.47. The van der Waals surface area contributed by atoms with Gasteiger partial charge in [-0.05, 0) is 6.07 Å². The molecule has 1 aromatic rings. The highest BCUT2D eigenvalue weighted by Gasteiger charge is 2.27. The molecule has 0 amide bonds. The molecule has 1 aromatic heterocycles. The molecule has 0 saturated carbocycles. The topological polar surface area (TPSA) is 105 Å². The first-order chi connectivity index (χ1) is 8.30. The molecule has 3 N–H and O–H groups in total.